The number of aryl methyl sites for hydroxylation is 3. The van der Waals surface area contributed by atoms with Gasteiger partial charge in [-0.15, -0.1) is 0 Å². The Bertz CT molecular complexity index is 362. The average molecular weight is 235 g/mol. The fourth-order valence-electron chi connectivity index (χ4n) is 2.55. The van der Waals surface area contributed by atoms with E-state index in [4.69, 9.17) is 5.73 Å². The van der Waals surface area contributed by atoms with Gasteiger partial charge in [-0.1, -0.05) is 31.5 Å². The van der Waals surface area contributed by atoms with Crippen molar-refractivity contribution in [3.8, 4) is 0 Å². The highest BCUT2D eigenvalue weighted by molar-refractivity contribution is 5.39. The van der Waals surface area contributed by atoms with Gasteiger partial charge in [-0.25, -0.2) is 0 Å². The summed E-state index contributed by atoms with van der Waals surface area (Å²) in [6, 6.07) is 4.02. The molecule has 0 saturated carbocycles. The number of benzene rings is 1. The molecule has 0 fully saturated rings. The zero-order chi connectivity index (χ0) is 13.2. The van der Waals surface area contributed by atoms with E-state index in [1.807, 2.05) is 13.8 Å². The fourth-order valence-corrected chi connectivity index (χ4v) is 2.55. The van der Waals surface area contributed by atoms with Crippen molar-refractivity contribution < 1.29 is 5.11 Å². The molecule has 1 aromatic rings. The Labute approximate surface area is 105 Å². The molecule has 0 aliphatic rings. The molecule has 96 valence electrons. The van der Waals surface area contributed by atoms with Crippen LogP contribution in [0.4, 0.5) is 0 Å². The Morgan fingerprint density at radius 1 is 1.12 bits per heavy atom. The first kappa shape index (κ1) is 14.2. The predicted octanol–water partition coefficient (Wildman–Crippen LogP) is 3.02. The SMILES string of the molecule is Cc1cc(C)c(C(O)C(N)CC(C)C)c(C)c1. The molecule has 1 aromatic carbocycles. The number of hydrogen-bond donors (Lipinski definition) is 2. The third-order valence-corrected chi connectivity index (χ3v) is 3.18. The summed E-state index contributed by atoms with van der Waals surface area (Å²) in [5.74, 6) is 0.505. The van der Waals surface area contributed by atoms with Gasteiger partial charge in [0.15, 0.2) is 0 Å². The van der Waals surface area contributed by atoms with E-state index in [0.717, 1.165) is 23.1 Å². The number of nitrogens with two attached hydrogens (primary N) is 1. The molecule has 2 atom stereocenters. The summed E-state index contributed by atoms with van der Waals surface area (Å²) in [5.41, 5.74) is 10.6. The third kappa shape index (κ3) is 3.55. The molecule has 2 heteroatoms. The van der Waals surface area contributed by atoms with Crippen LogP contribution in [0, 0.1) is 26.7 Å². The Kier molecular flexibility index (Phi) is 4.72. The molecule has 0 saturated heterocycles. The maximum atomic E-state index is 10.4. The summed E-state index contributed by atoms with van der Waals surface area (Å²) in [6.45, 7) is 10.4. The second kappa shape index (κ2) is 5.65. The molecule has 1 rings (SSSR count). The molecule has 0 aliphatic carbocycles. The molecule has 17 heavy (non-hydrogen) atoms. The van der Waals surface area contributed by atoms with Crippen LogP contribution in [0.5, 0.6) is 0 Å². The molecular formula is C15H25NO. The normalized spacial score (nSPS) is 15.1. The van der Waals surface area contributed by atoms with Crippen LogP contribution in [-0.2, 0) is 0 Å². The summed E-state index contributed by atoms with van der Waals surface area (Å²) >= 11 is 0. The second-order valence-corrected chi connectivity index (χ2v) is 5.55. The highest BCUT2D eigenvalue weighted by atomic mass is 16.3. The van der Waals surface area contributed by atoms with Crippen molar-refractivity contribution in [2.45, 2.75) is 53.2 Å². The lowest BCUT2D eigenvalue weighted by molar-refractivity contribution is 0.134. The van der Waals surface area contributed by atoms with Crippen molar-refractivity contribution in [1.82, 2.24) is 0 Å². The number of hydrogen-bond acceptors (Lipinski definition) is 2. The highest BCUT2D eigenvalue weighted by Crippen LogP contribution is 2.27. The van der Waals surface area contributed by atoms with Crippen LogP contribution in [0.2, 0.25) is 0 Å². The van der Waals surface area contributed by atoms with Crippen LogP contribution in [0.1, 0.15) is 48.6 Å². The lowest BCUT2D eigenvalue weighted by Gasteiger charge is -2.24. The van der Waals surface area contributed by atoms with Crippen LogP contribution in [0.15, 0.2) is 12.1 Å². The van der Waals surface area contributed by atoms with Crippen molar-refractivity contribution in [3.05, 3.63) is 34.4 Å². The zero-order valence-electron chi connectivity index (χ0n) is 11.6. The molecule has 2 unspecified atom stereocenters. The van der Waals surface area contributed by atoms with E-state index in [1.165, 1.54) is 5.56 Å². The molecule has 2 nitrogen and oxygen atoms in total. The second-order valence-electron chi connectivity index (χ2n) is 5.55. The van der Waals surface area contributed by atoms with E-state index in [2.05, 4.69) is 32.9 Å². The molecule has 0 heterocycles. The van der Waals surface area contributed by atoms with Gasteiger partial charge in [0.1, 0.15) is 0 Å². The van der Waals surface area contributed by atoms with E-state index in [-0.39, 0.29) is 6.04 Å². The Morgan fingerprint density at radius 2 is 1.59 bits per heavy atom. The summed E-state index contributed by atoms with van der Waals surface area (Å²) in [5, 5.41) is 10.4. The van der Waals surface area contributed by atoms with Crippen molar-refractivity contribution in [2.24, 2.45) is 11.7 Å². The molecule has 0 aliphatic heterocycles. The zero-order valence-corrected chi connectivity index (χ0v) is 11.6. The van der Waals surface area contributed by atoms with Gasteiger partial charge >= 0.3 is 0 Å². The topological polar surface area (TPSA) is 46.2 Å². The van der Waals surface area contributed by atoms with Crippen LogP contribution in [0.3, 0.4) is 0 Å². The van der Waals surface area contributed by atoms with E-state index in [9.17, 15) is 5.11 Å². The van der Waals surface area contributed by atoms with Gasteiger partial charge in [-0.05, 0) is 49.8 Å². The highest BCUT2D eigenvalue weighted by Gasteiger charge is 2.21. The smallest absolute Gasteiger partial charge is 0.0946 e. The largest absolute Gasteiger partial charge is 0.387 e. The van der Waals surface area contributed by atoms with E-state index >= 15 is 0 Å². The van der Waals surface area contributed by atoms with Gasteiger partial charge in [-0.3, -0.25) is 0 Å². The van der Waals surface area contributed by atoms with Gasteiger partial charge in [0, 0.05) is 6.04 Å². The van der Waals surface area contributed by atoms with Crippen molar-refractivity contribution >= 4 is 0 Å². The predicted molar refractivity (Wildman–Crippen MR) is 73.0 cm³/mol. The summed E-state index contributed by atoms with van der Waals surface area (Å²) in [7, 11) is 0. The van der Waals surface area contributed by atoms with Crippen LogP contribution in [0.25, 0.3) is 0 Å². The number of aliphatic hydroxyl groups excluding tert-OH is 1. The molecule has 0 bridgehead atoms. The van der Waals surface area contributed by atoms with Crippen molar-refractivity contribution in [2.75, 3.05) is 0 Å². The number of rotatable bonds is 4. The quantitative estimate of drug-likeness (QED) is 0.842. The van der Waals surface area contributed by atoms with Gasteiger partial charge < -0.3 is 10.8 Å². The third-order valence-electron chi connectivity index (χ3n) is 3.18. The van der Waals surface area contributed by atoms with Crippen LogP contribution < -0.4 is 5.73 Å². The van der Waals surface area contributed by atoms with Crippen molar-refractivity contribution in [3.63, 3.8) is 0 Å². The fraction of sp³-hybridized carbons (Fsp3) is 0.600. The van der Waals surface area contributed by atoms with Gasteiger partial charge in [0.25, 0.3) is 0 Å². The Hall–Kier alpha value is -0.860. The Balaban J connectivity index is 2.99. The lowest BCUT2D eigenvalue weighted by atomic mass is 9.89. The molecule has 0 amide bonds. The van der Waals surface area contributed by atoms with E-state index in [1.54, 1.807) is 0 Å². The minimum atomic E-state index is -0.557. The maximum absolute atomic E-state index is 10.4. The van der Waals surface area contributed by atoms with Gasteiger partial charge in [0.05, 0.1) is 6.10 Å². The number of aliphatic hydroxyl groups is 1. The lowest BCUT2D eigenvalue weighted by Crippen LogP contribution is -2.30. The molecule has 0 spiro atoms. The minimum absolute atomic E-state index is 0.185. The van der Waals surface area contributed by atoms with Crippen LogP contribution in [-0.4, -0.2) is 11.1 Å². The molecule has 3 N–H and O–H groups in total. The van der Waals surface area contributed by atoms with Crippen molar-refractivity contribution in [1.29, 1.82) is 0 Å². The molecule has 0 radical (unpaired) electrons. The maximum Gasteiger partial charge on any atom is 0.0946 e. The molecule has 0 aromatic heterocycles. The van der Waals surface area contributed by atoms with E-state index < -0.39 is 6.10 Å². The minimum Gasteiger partial charge on any atom is -0.387 e. The first-order valence-electron chi connectivity index (χ1n) is 6.34. The first-order chi connectivity index (χ1) is 7.82. The summed E-state index contributed by atoms with van der Waals surface area (Å²) in [6.07, 6.45) is 0.284. The monoisotopic (exact) mass is 235 g/mol. The Morgan fingerprint density at radius 3 is 2.00 bits per heavy atom. The first-order valence-corrected chi connectivity index (χ1v) is 6.34. The summed E-state index contributed by atoms with van der Waals surface area (Å²) < 4.78 is 0. The van der Waals surface area contributed by atoms with Crippen LogP contribution >= 0.6 is 0 Å². The summed E-state index contributed by atoms with van der Waals surface area (Å²) in [4.78, 5) is 0. The standard InChI is InChI=1S/C15H25NO/c1-9(2)6-13(16)15(17)14-11(4)7-10(3)8-12(14)5/h7-9,13,15,17H,6,16H2,1-5H3. The molecular weight excluding hydrogens is 210 g/mol. The van der Waals surface area contributed by atoms with Gasteiger partial charge in [0.2, 0.25) is 0 Å². The average Bonchev–Trinajstić information content (AvgIpc) is 2.14. The van der Waals surface area contributed by atoms with Gasteiger partial charge in [-0.2, -0.15) is 0 Å². The van der Waals surface area contributed by atoms with E-state index in [0.29, 0.717) is 5.92 Å².